The molecule has 0 atom stereocenters. The maximum absolute atomic E-state index is 12.4. The number of hydrogen-bond donors (Lipinski definition) is 2. The molecule has 10 heteroatoms. The molecule has 1 fully saturated rings. The maximum Gasteiger partial charge on any atom is 0.294 e. The number of benzene rings is 1. The number of amides is 3. The fourth-order valence-corrected chi connectivity index (χ4v) is 4.05. The predicted octanol–water partition coefficient (Wildman–Crippen LogP) is 2.54. The second-order valence-electron chi connectivity index (χ2n) is 6.16. The Labute approximate surface area is 174 Å². The molecule has 2 heterocycles. The van der Waals surface area contributed by atoms with Gasteiger partial charge in [0.1, 0.15) is 6.54 Å². The molecule has 2 aromatic rings. The highest BCUT2D eigenvalue weighted by molar-refractivity contribution is 8.18. The first-order chi connectivity index (χ1) is 13.8. The molecule has 0 radical (unpaired) electrons. The van der Waals surface area contributed by atoms with Crippen molar-refractivity contribution >= 4 is 52.0 Å². The zero-order chi connectivity index (χ0) is 21.1. The van der Waals surface area contributed by atoms with E-state index < -0.39 is 35.1 Å². The van der Waals surface area contributed by atoms with Crippen LogP contribution in [0.1, 0.15) is 15.2 Å². The number of phenols is 2. The van der Waals surface area contributed by atoms with E-state index in [0.717, 1.165) is 32.5 Å². The van der Waals surface area contributed by atoms with Crippen molar-refractivity contribution in [2.75, 3.05) is 20.1 Å². The maximum atomic E-state index is 12.4. The summed E-state index contributed by atoms with van der Waals surface area (Å²) in [4.78, 5) is 52.3. The number of imide groups is 1. The molecule has 1 aliphatic heterocycles. The molecule has 0 bridgehead atoms. The molecule has 1 aliphatic rings. The molecule has 150 valence electrons. The minimum absolute atomic E-state index is 0.116. The fourth-order valence-electron chi connectivity index (χ4n) is 2.49. The summed E-state index contributed by atoms with van der Waals surface area (Å²) in [5.41, 5.74) is 0.116. The van der Waals surface area contributed by atoms with Gasteiger partial charge in [-0.05, 0) is 47.5 Å². The van der Waals surface area contributed by atoms with E-state index in [0.29, 0.717) is 0 Å². The molecule has 0 saturated carbocycles. The van der Waals surface area contributed by atoms with E-state index in [1.165, 1.54) is 30.5 Å². The number of carbonyl (C=O) groups is 4. The SMILES string of the molecule is CN(CC(=O)c1ccc(O)c(O)c1)C(=O)CN1C(=O)S/C(=C\c2cccs2)C1=O. The standard InChI is InChI=1S/C19H16N2O6S2/c1-20(9-15(24)11-4-5-13(22)14(23)7-11)17(25)10-21-18(26)16(29-19(21)27)8-12-3-2-6-28-12/h2-8,22-23H,9-10H2,1H3/b16-8-. The molecule has 0 spiro atoms. The molecular formula is C19H16N2O6S2. The minimum atomic E-state index is -0.582. The third-order valence-electron chi connectivity index (χ3n) is 4.09. The Morgan fingerprint density at radius 3 is 2.59 bits per heavy atom. The lowest BCUT2D eigenvalue weighted by Crippen LogP contribution is -2.42. The molecule has 1 aromatic carbocycles. The minimum Gasteiger partial charge on any atom is -0.504 e. The Morgan fingerprint density at radius 1 is 1.17 bits per heavy atom. The van der Waals surface area contributed by atoms with Crippen molar-refractivity contribution in [1.82, 2.24) is 9.80 Å². The molecule has 2 N–H and O–H groups in total. The number of carbonyl (C=O) groups excluding carboxylic acids is 4. The highest BCUT2D eigenvalue weighted by Crippen LogP contribution is 2.32. The molecule has 29 heavy (non-hydrogen) atoms. The van der Waals surface area contributed by atoms with E-state index in [2.05, 4.69) is 0 Å². The van der Waals surface area contributed by atoms with Gasteiger partial charge >= 0.3 is 0 Å². The lowest BCUT2D eigenvalue weighted by molar-refractivity contribution is -0.134. The van der Waals surface area contributed by atoms with Crippen LogP contribution in [0.3, 0.4) is 0 Å². The van der Waals surface area contributed by atoms with E-state index >= 15 is 0 Å². The van der Waals surface area contributed by atoms with Gasteiger partial charge in [0.15, 0.2) is 17.3 Å². The zero-order valence-corrected chi connectivity index (χ0v) is 16.8. The van der Waals surface area contributed by atoms with Gasteiger partial charge in [0.25, 0.3) is 11.1 Å². The predicted molar refractivity (Wildman–Crippen MR) is 109 cm³/mol. The van der Waals surface area contributed by atoms with Crippen molar-refractivity contribution in [1.29, 1.82) is 0 Å². The molecule has 8 nitrogen and oxygen atoms in total. The quantitative estimate of drug-likeness (QED) is 0.409. The van der Waals surface area contributed by atoms with Crippen LogP contribution < -0.4 is 0 Å². The summed E-state index contributed by atoms with van der Waals surface area (Å²) in [5, 5.41) is 20.1. The van der Waals surface area contributed by atoms with Gasteiger partial charge in [0.2, 0.25) is 5.91 Å². The summed E-state index contributed by atoms with van der Waals surface area (Å²) in [6.07, 6.45) is 1.60. The molecule has 1 aromatic heterocycles. The smallest absolute Gasteiger partial charge is 0.294 e. The van der Waals surface area contributed by atoms with Gasteiger partial charge < -0.3 is 15.1 Å². The molecule has 0 unspecified atom stereocenters. The largest absolute Gasteiger partial charge is 0.504 e. The lowest BCUT2D eigenvalue weighted by Gasteiger charge is -2.19. The van der Waals surface area contributed by atoms with Crippen LogP contribution >= 0.6 is 23.1 Å². The van der Waals surface area contributed by atoms with Crippen LogP contribution in [0.5, 0.6) is 11.5 Å². The van der Waals surface area contributed by atoms with Crippen LogP contribution in [0.15, 0.2) is 40.6 Å². The van der Waals surface area contributed by atoms with E-state index in [-0.39, 0.29) is 22.8 Å². The Balaban J connectivity index is 1.63. The van der Waals surface area contributed by atoms with Crippen LogP contribution in [0.4, 0.5) is 4.79 Å². The fraction of sp³-hybridized carbons (Fsp3) is 0.158. The van der Waals surface area contributed by atoms with Crippen molar-refractivity contribution in [2.45, 2.75) is 0 Å². The summed E-state index contributed by atoms with van der Waals surface area (Å²) < 4.78 is 0. The van der Waals surface area contributed by atoms with Gasteiger partial charge in [-0.25, -0.2) is 0 Å². The number of likely N-dealkylation sites (N-methyl/N-ethyl adjacent to an activating group) is 1. The van der Waals surface area contributed by atoms with Gasteiger partial charge in [-0.3, -0.25) is 24.1 Å². The molecule has 1 saturated heterocycles. The van der Waals surface area contributed by atoms with Crippen LogP contribution in [0.25, 0.3) is 6.08 Å². The van der Waals surface area contributed by atoms with Crippen LogP contribution in [-0.2, 0) is 9.59 Å². The number of phenolic OH excluding ortho intramolecular Hbond substituents is 2. The average Bonchev–Trinajstić information content (AvgIpc) is 3.28. The molecular weight excluding hydrogens is 416 g/mol. The van der Waals surface area contributed by atoms with Crippen LogP contribution in [0.2, 0.25) is 0 Å². The first-order valence-electron chi connectivity index (χ1n) is 8.34. The Hall–Kier alpha value is -3.11. The van der Waals surface area contributed by atoms with Gasteiger partial charge in [-0.2, -0.15) is 0 Å². The first-order valence-corrected chi connectivity index (χ1v) is 10.0. The van der Waals surface area contributed by atoms with Crippen molar-refractivity contribution in [3.8, 4) is 11.5 Å². The van der Waals surface area contributed by atoms with E-state index in [4.69, 9.17) is 0 Å². The van der Waals surface area contributed by atoms with E-state index in [1.807, 2.05) is 17.5 Å². The summed E-state index contributed by atoms with van der Waals surface area (Å²) in [6, 6.07) is 7.22. The summed E-state index contributed by atoms with van der Waals surface area (Å²) in [6.45, 7) is -0.790. The molecule has 3 rings (SSSR count). The van der Waals surface area contributed by atoms with Gasteiger partial charge in [0, 0.05) is 17.5 Å². The Kier molecular flexibility index (Phi) is 6.04. The number of hydrogen-bond acceptors (Lipinski definition) is 8. The van der Waals surface area contributed by atoms with Gasteiger partial charge in [-0.1, -0.05) is 6.07 Å². The van der Waals surface area contributed by atoms with E-state index in [1.54, 1.807) is 6.08 Å². The van der Waals surface area contributed by atoms with Crippen molar-refractivity contribution in [3.05, 3.63) is 51.1 Å². The third-order valence-corrected chi connectivity index (χ3v) is 5.81. The highest BCUT2D eigenvalue weighted by Gasteiger charge is 2.37. The monoisotopic (exact) mass is 432 g/mol. The summed E-state index contributed by atoms with van der Waals surface area (Å²) in [5.74, 6) is -2.41. The molecule has 0 aliphatic carbocycles. The van der Waals surface area contributed by atoms with E-state index in [9.17, 15) is 29.4 Å². The lowest BCUT2D eigenvalue weighted by atomic mass is 10.1. The van der Waals surface area contributed by atoms with Crippen molar-refractivity contribution < 1.29 is 29.4 Å². The van der Waals surface area contributed by atoms with Gasteiger partial charge in [-0.15, -0.1) is 11.3 Å². The van der Waals surface area contributed by atoms with Crippen LogP contribution in [0, 0.1) is 0 Å². The highest BCUT2D eigenvalue weighted by atomic mass is 32.2. The number of Topliss-reactive ketones (excluding diaryl/α,β-unsaturated/α-hetero) is 1. The normalized spacial score (nSPS) is 15.2. The second-order valence-corrected chi connectivity index (χ2v) is 8.13. The number of rotatable bonds is 6. The Morgan fingerprint density at radius 2 is 1.93 bits per heavy atom. The first kappa shape index (κ1) is 20.6. The van der Waals surface area contributed by atoms with Crippen molar-refractivity contribution in [3.63, 3.8) is 0 Å². The number of nitrogens with zero attached hydrogens (tertiary/aromatic N) is 2. The topological polar surface area (TPSA) is 115 Å². The van der Waals surface area contributed by atoms with Gasteiger partial charge in [0.05, 0.1) is 11.4 Å². The van der Waals surface area contributed by atoms with Crippen LogP contribution in [-0.4, -0.2) is 63.0 Å². The average molecular weight is 432 g/mol. The zero-order valence-electron chi connectivity index (χ0n) is 15.2. The number of thiophene rings is 1. The van der Waals surface area contributed by atoms with Crippen molar-refractivity contribution in [2.24, 2.45) is 0 Å². The Bertz CT molecular complexity index is 1020. The number of aromatic hydroxyl groups is 2. The summed E-state index contributed by atoms with van der Waals surface area (Å²) >= 11 is 2.19. The second kappa shape index (κ2) is 8.50. The number of ketones is 1. The number of thioether (sulfide) groups is 1. The third kappa shape index (κ3) is 4.66. The molecule has 3 amide bonds. The summed E-state index contributed by atoms with van der Waals surface area (Å²) in [7, 11) is 1.38.